The molecule has 0 unspecified atom stereocenters. The first-order valence-corrected chi connectivity index (χ1v) is 11.3. The lowest BCUT2D eigenvalue weighted by Crippen LogP contribution is -2.21. The fourth-order valence-corrected chi connectivity index (χ4v) is 4.39. The molecule has 0 spiro atoms. The van der Waals surface area contributed by atoms with Gasteiger partial charge in [0.05, 0.1) is 15.6 Å². The highest BCUT2D eigenvalue weighted by Gasteiger charge is 2.34. The summed E-state index contributed by atoms with van der Waals surface area (Å²) < 4.78 is 54.5. The molecule has 1 aromatic carbocycles. The SMILES string of the molecule is O=C(Cn1nc(C(F)F)c(Cl)c1C1CC1)Nc1ccc(S(=O)(=O)Nc2ncccn2)cc1. The molecule has 1 saturated carbocycles. The molecular weight excluding hydrogens is 466 g/mol. The minimum Gasteiger partial charge on any atom is -0.324 e. The average Bonchev–Trinajstić information content (AvgIpc) is 3.52. The normalized spacial score (nSPS) is 13.9. The van der Waals surface area contributed by atoms with Crippen molar-refractivity contribution < 1.29 is 22.0 Å². The second-order valence-electron chi connectivity index (χ2n) is 7.07. The number of rotatable bonds is 8. The van der Waals surface area contributed by atoms with E-state index in [4.69, 9.17) is 11.6 Å². The molecule has 13 heteroatoms. The van der Waals surface area contributed by atoms with Gasteiger partial charge < -0.3 is 5.32 Å². The maximum absolute atomic E-state index is 13.1. The summed E-state index contributed by atoms with van der Waals surface area (Å²) in [5.41, 5.74) is 0.226. The number of sulfonamides is 1. The Morgan fingerprint density at radius 2 is 1.84 bits per heavy atom. The van der Waals surface area contributed by atoms with Gasteiger partial charge in [-0.05, 0) is 43.2 Å². The van der Waals surface area contributed by atoms with Crippen LogP contribution in [-0.2, 0) is 21.4 Å². The van der Waals surface area contributed by atoms with Crippen molar-refractivity contribution in [3.63, 3.8) is 0 Å². The van der Waals surface area contributed by atoms with Gasteiger partial charge in [-0.2, -0.15) is 5.10 Å². The number of nitrogens with zero attached hydrogens (tertiary/aromatic N) is 4. The number of amides is 1. The lowest BCUT2D eigenvalue weighted by Gasteiger charge is -2.10. The number of hydrogen-bond donors (Lipinski definition) is 2. The van der Waals surface area contributed by atoms with Crippen molar-refractivity contribution in [2.75, 3.05) is 10.0 Å². The van der Waals surface area contributed by atoms with Gasteiger partial charge in [0.1, 0.15) is 12.2 Å². The van der Waals surface area contributed by atoms with Gasteiger partial charge in [0, 0.05) is 24.0 Å². The third-order valence-corrected chi connectivity index (χ3v) is 6.39. The molecule has 0 aliphatic heterocycles. The quantitative estimate of drug-likeness (QED) is 0.506. The molecular formula is C19H17ClF2N6O3S. The molecule has 2 heterocycles. The van der Waals surface area contributed by atoms with E-state index in [1.165, 1.54) is 41.3 Å². The van der Waals surface area contributed by atoms with E-state index in [0.29, 0.717) is 11.4 Å². The molecule has 1 fully saturated rings. The van der Waals surface area contributed by atoms with Crippen LogP contribution < -0.4 is 10.0 Å². The number of carbonyl (C=O) groups is 1. The Bertz CT molecular complexity index is 1230. The van der Waals surface area contributed by atoms with E-state index in [1.807, 2.05) is 0 Å². The van der Waals surface area contributed by atoms with Crippen LogP contribution in [0.1, 0.15) is 36.6 Å². The molecule has 0 atom stereocenters. The molecule has 3 aromatic rings. The fourth-order valence-electron chi connectivity index (χ4n) is 3.06. The summed E-state index contributed by atoms with van der Waals surface area (Å²) in [6.07, 6.45) is 1.56. The molecule has 32 heavy (non-hydrogen) atoms. The van der Waals surface area contributed by atoms with Crippen LogP contribution >= 0.6 is 11.6 Å². The lowest BCUT2D eigenvalue weighted by molar-refractivity contribution is -0.117. The zero-order valence-electron chi connectivity index (χ0n) is 16.4. The van der Waals surface area contributed by atoms with Gasteiger partial charge in [0.15, 0.2) is 0 Å². The zero-order chi connectivity index (χ0) is 22.9. The van der Waals surface area contributed by atoms with E-state index >= 15 is 0 Å². The zero-order valence-corrected chi connectivity index (χ0v) is 17.9. The Balaban J connectivity index is 1.44. The van der Waals surface area contributed by atoms with Crippen molar-refractivity contribution in [1.82, 2.24) is 19.7 Å². The number of benzene rings is 1. The summed E-state index contributed by atoms with van der Waals surface area (Å²) >= 11 is 6.05. The van der Waals surface area contributed by atoms with Crippen LogP contribution in [0.3, 0.4) is 0 Å². The van der Waals surface area contributed by atoms with E-state index in [1.54, 1.807) is 6.07 Å². The summed E-state index contributed by atoms with van der Waals surface area (Å²) in [7, 11) is -3.91. The number of carbonyl (C=O) groups excluding carboxylic acids is 1. The van der Waals surface area contributed by atoms with Crippen LogP contribution in [0.4, 0.5) is 20.4 Å². The monoisotopic (exact) mass is 482 g/mol. The van der Waals surface area contributed by atoms with Crippen molar-refractivity contribution in [2.24, 2.45) is 0 Å². The van der Waals surface area contributed by atoms with Crippen LogP contribution in [0.5, 0.6) is 0 Å². The van der Waals surface area contributed by atoms with Crippen molar-refractivity contribution in [3.8, 4) is 0 Å². The molecule has 0 bridgehead atoms. The van der Waals surface area contributed by atoms with Gasteiger partial charge in [0.2, 0.25) is 11.9 Å². The minimum absolute atomic E-state index is 0.0147. The maximum atomic E-state index is 13.1. The van der Waals surface area contributed by atoms with E-state index in [9.17, 15) is 22.0 Å². The van der Waals surface area contributed by atoms with Crippen molar-refractivity contribution in [1.29, 1.82) is 0 Å². The molecule has 1 amide bonds. The van der Waals surface area contributed by atoms with Gasteiger partial charge >= 0.3 is 0 Å². The minimum atomic E-state index is -3.91. The smallest absolute Gasteiger partial charge is 0.283 e. The van der Waals surface area contributed by atoms with Crippen LogP contribution in [0.25, 0.3) is 0 Å². The number of nitrogens with one attached hydrogen (secondary N) is 2. The first-order valence-electron chi connectivity index (χ1n) is 9.48. The topological polar surface area (TPSA) is 119 Å². The standard InChI is InChI=1S/C19H17ClF2N6O3S/c20-15-16(18(21)22)26-28(17(15)11-2-3-11)10-14(29)25-12-4-6-13(7-5-12)32(30,31)27-19-23-8-1-9-24-19/h1,4-9,11,18H,2-3,10H2,(H,25,29)(H,23,24,27). The maximum Gasteiger partial charge on any atom is 0.283 e. The van der Waals surface area contributed by atoms with Crippen molar-refractivity contribution >= 4 is 39.2 Å². The van der Waals surface area contributed by atoms with Gasteiger partial charge in [-0.15, -0.1) is 0 Å². The van der Waals surface area contributed by atoms with Crippen LogP contribution in [-0.4, -0.2) is 34.1 Å². The van der Waals surface area contributed by atoms with E-state index in [-0.39, 0.29) is 28.3 Å². The largest absolute Gasteiger partial charge is 0.324 e. The van der Waals surface area contributed by atoms with E-state index < -0.39 is 28.0 Å². The number of anilines is 2. The Labute approximate surface area is 186 Å². The molecule has 2 aromatic heterocycles. The van der Waals surface area contributed by atoms with Crippen LogP contribution in [0, 0.1) is 0 Å². The molecule has 2 N–H and O–H groups in total. The van der Waals surface area contributed by atoms with E-state index in [0.717, 1.165) is 12.8 Å². The highest BCUT2D eigenvalue weighted by molar-refractivity contribution is 7.92. The third kappa shape index (κ3) is 4.86. The molecule has 168 valence electrons. The fraction of sp³-hybridized carbons (Fsp3) is 0.263. The predicted octanol–water partition coefficient (Wildman–Crippen LogP) is 3.58. The first kappa shape index (κ1) is 22.1. The average molecular weight is 483 g/mol. The molecule has 0 radical (unpaired) electrons. The Morgan fingerprint density at radius 1 is 1.19 bits per heavy atom. The van der Waals surface area contributed by atoms with Crippen molar-refractivity contribution in [3.05, 3.63) is 59.1 Å². The summed E-state index contributed by atoms with van der Waals surface area (Å²) in [4.78, 5) is 20.0. The third-order valence-electron chi connectivity index (χ3n) is 4.66. The van der Waals surface area contributed by atoms with Crippen LogP contribution in [0.2, 0.25) is 5.02 Å². The summed E-state index contributed by atoms with van der Waals surface area (Å²) in [6, 6.07) is 6.96. The van der Waals surface area contributed by atoms with Crippen molar-refractivity contribution in [2.45, 2.75) is 36.6 Å². The molecule has 9 nitrogen and oxygen atoms in total. The molecule has 0 saturated heterocycles. The van der Waals surface area contributed by atoms with Gasteiger partial charge in [0.25, 0.3) is 16.4 Å². The molecule has 4 rings (SSSR count). The van der Waals surface area contributed by atoms with Gasteiger partial charge in [-0.3, -0.25) is 9.48 Å². The number of halogens is 3. The molecule has 1 aliphatic carbocycles. The predicted molar refractivity (Wildman–Crippen MR) is 112 cm³/mol. The highest BCUT2D eigenvalue weighted by Crippen LogP contribution is 2.45. The van der Waals surface area contributed by atoms with Crippen LogP contribution in [0.15, 0.2) is 47.6 Å². The Morgan fingerprint density at radius 3 is 2.44 bits per heavy atom. The summed E-state index contributed by atoms with van der Waals surface area (Å²) in [5.74, 6) is -0.573. The number of aromatic nitrogens is 4. The lowest BCUT2D eigenvalue weighted by atomic mass is 10.2. The molecule has 1 aliphatic rings. The summed E-state index contributed by atoms with van der Waals surface area (Å²) in [5, 5.41) is 6.31. The first-order chi connectivity index (χ1) is 15.2. The Kier molecular flexibility index (Phi) is 6.07. The summed E-state index contributed by atoms with van der Waals surface area (Å²) in [6.45, 7) is -0.300. The second kappa shape index (κ2) is 8.79. The second-order valence-corrected chi connectivity index (χ2v) is 9.13. The van der Waals surface area contributed by atoms with Gasteiger partial charge in [-0.25, -0.2) is 31.9 Å². The van der Waals surface area contributed by atoms with Gasteiger partial charge in [-0.1, -0.05) is 11.6 Å². The Hall–Kier alpha value is -3.12. The number of alkyl halides is 2. The van der Waals surface area contributed by atoms with E-state index in [2.05, 4.69) is 25.1 Å². The number of hydrogen-bond acceptors (Lipinski definition) is 6. The highest BCUT2D eigenvalue weighted by atomic mass is 35.5.